The number of aliphatic hydroxyl groups is 2. The van der Waals surface area contributed by atoms with E-state index >= 15 is 0 Å². The van der Waals surface area contributed by atoms with Crippen LogP contribution in [0, 0.1) is 0 Å². The van der Waals surface area contributed by atoms with E-state index < -0.39 is 29.9 Å². The van der Waals surface area contributed by atoms with Crippen molar-refractivity contribution in [3.05, 3.63) is 34.3 Å². The number of rotatable bonds is 4. The lowest BCUT2D eigenvalue weighted by Gasteiger charge is -2.18. The predicted molar refractivity (Wildman–Crippen MR) is 64.1 cm³/mol. The van der Waals surface area contributed by atoms with Gasteiger partial charge in [-0.25, -0.2) is 4.79 Å². The lowest BCUT2D eigenvalue weighted by molar-refractivity contribution is -0.159. The zero-order valence-electron chi connectivity index (χ0n) is 10.3. The SMILES string of the molecule is CCOC(=O)C(O)C(O)c1cc(Cl)cc(C(F)(F)F)c1. The number of hydrogen-bond donors (Lipinski definition) is 2. The number of ether oxygens (including phenoxy) is 1. The molecule has 0 spiro atoms. The molecule has 0 aliphatic rings. The standard InChI is InChI=1S/C12H12ClF3O4/c1-2-20-11(19)10(18)9(17)6-3-7(12(14,15)16)5-8(13)4-6/h3-5,9-10,17-18H,2H2,1H3. The van der Waals surface area contributed by atoms with E-state index in [1.54, 1.807) is 0 Å². The lowest BCUT2D eigenvalue weighted by atomic mass is 10.0. The van der Waals surface area contributed by atoms with Gasteiger partial charge < -0.3 is 14.9 Å². The predicted octanol–water partition coefficient (Wildman–Crippen LogP) is 2.32. The summed E-state index contributed by atoms with van der Waals surface area (Å²) >= 11 is 5.54. The van der Waals surface area contributed by atoms with Gasteiger partial charge in [-0.3, -0.25) is 0 Å². The first-order valence-corrected chi connectivity index (χ1v) is 5.95. The van der Waals surface area contributed by atoms with Gasteiger partial charge in [0.25, 0.3) is 0 Å². The molecular weight excluding hydrogens is 301 g/mol. The first-order valence-electron chi connectivity index (χ1n) is 5.57. The molecule has 2 N–H and O–H groups in total. The summed E-state index contributed by atoms with van der Waals surface area (Å²) in [5.74, 6) is -1.13. The minimum atomic E-state index is -4.66. The molecule has 0 radical (unpaired) electrons. The summed E-state index contributed by atoms with van der Waals surface area (Å²) in [4.78, 5) is 11.2. The van der Waals surface area contributed by atoms with Crippen LogP contribution in [0.3, 0.4) is 0 Å². The number of alkyl halides is 3. The molecule has 0 fully saturated rings. The minimum Gasteiger partial charge on any atom is -0.464 e. The molecule has 0 heterocycles. The highest BCUT2D eigenvalue weighted by Gasteiger charge is 2.33. The molecule has 1 rings (SSSR count). The van der Waals surface area contributed by atoms with E-state index in [0.29, 0.717) is 12.1 Å². The van der Waals surface area contributed by atoms with E-state index in [1.165, 1.54) is 6.92 Å². The van der Waals surface area contributed by atoms with Crippen LogP contribution in [-0.2, 0) is 15.7 Å². The molecule has 0 bridgehead atoms. The molecular formula is C12H12ClF3O4. The van der Waals surface area contributed by atoms with E-state index in [9.17, 15) is 28.2 Å². The van der Waals surface area contributed by atoms with Gasteiger partial charge in [0.2, 0.25) is 0 Å². The van der Waals surface area contributed by atoms with Crippen molar-refractivity contribution in [1.82, 2.24) is 0 Å². The van der Waals surface area contributed by atoms with Crippen LogP contribution in [0.5, 0.6) is 0 Å². The lowest BCUT2D eigenvalue weighted by Crippen LogP contribution is -2.30. The summed E-state index contributed by atoms with van der Waals surface area (Å²) in [5.41, 5.74) is -1.42. The molecule has 0 aromatic heterocycles. The van der Waals surface area contributed by atoms with E-state index in [4.69, 9.17) is 11.6 Å². The number of benzene rings is 1. The highest BCUT2D eigenvalue weighted by Crippen LogP contribution is 2.33. The van der Waals surface area contributed by atoms with Crippen molar-refractivity contribution in [3.63, 3.8) is 0 Å². The molecule has 0 saturated carbocycles. The zero-order chi connectivity index (χ0) is 15.5. The number of halogens is 4. The van der Waals surface area contributed by atoms with Crippen molar-refractivity contribution < 1.29 is 32.9 Å². The Hall–Kier alpha value is -1.31. The van der Waals surface area contributed by atoms with Crippen molar-refractivity contribution in [2.75, 3.05) is 6.61 Å². The molecule has 20 heavy (non-hydrogen) atoms. The highest BCUT2D eigenvalue weighted by atomic mass is 35.5. The van der Waals surface area contributed by atoms with E-state index in [1.807, 2.05) is 0 Å². The van der Waals surface area contributed by atoms with Crippen molar-refractivity contribution in [3.8, 4) is 0 Å². The summed E-state index contributed by atoms with van der Waals surface area (Å²) in [6, 6.07) is 2.32. The first kappa shape index (κ1) is 16.7. The van der Waals surface area contributed by atoms with E-state index in [-0.39, 0.29) is 17.2 Å². The molecule has 0 aliphatic heterocycles. The number of hydrogen-bond acceptors (Lipinski definition) is 4. The Morgan fingerprint density at radius 3 is 2.45 bits per heavy atom. The van der Waals surface area contributed by atoms with E-state index in [0.717, 1.165) is 6.07 Å². The second-order valence-electron chi connectivity index (χ2n) is 3.91. The molecule has 0 aliphatic carbocycles. The molecule has 2 unspecified atom stereocenters. The zero-order valence-corrected chi connectivity index (χ0v) is 11.1. The van der Waals surface area contributed by atoms with Gasteiger partial charge in [0.15, 0.2) is 6.10 Å². The number of esters is 1. The fourth-order valence-corrected chi connectivity index (χ4v) is 1.73. The molecule has 0 amide bonds. The van der Waals surface area contributed by atoms with Crippen LogP contribution < -0.4 is 0 Å². The molecule has 8 heteroatoms. The van der Waals surface area contributed by atoms with Crippen LogP contribution in [0.15, 0.2) is 18.2 Å². The van der Waals surface area contributed by atoms with Crippen molar-refractivity contribution >= 4 is 17.6 Å². The average Bonchev–Trinajstić information content (AvgIpc) is 2.35. The maximum Gasteiger partial charge on any atom is 0.416 e. The number of aliphatic hydroxyl groups excluding tert-OH is 2. The van der Waals surface area contributed by atoms with Crippen LogP contribution in [0.4, 0.5) is 13.2 Å². The fourth-order valence-electron chi connectivity index (χ4n) is 1.49. The second-order valence-corrected chi connectivity index (χ2v) is 4.35. The van der Waals surface area contributed by atoms with E-state index in [2.05, 4.69) is 4.74 Å². The van der Waals surface area contributed by atoms with Crippen molar-refractivity contribution in [1.29, 1.82) is 0 Å². The number of carbonyl (C=O) groups is 1. The summed E-state index contributed by atoms with van der Waals surface area (Å²) < 4.78 is 42.3. The smallest absolute Gasteiger partial charge is 0.416 e. The Balaban J connectivity index is 3.07. The Labute approximate surface area is 117 Å². The van der Waals surface area contributed by atoms with Crippen molar-refractivity contribution in [2.24, 2.45) is 0 Å². The molecule has 4 nitrogen and oxygen atoms in total. The topological polar surface area (TPSA) is 66.8 Å². The summed E-state index contributed by atoms with van der Waals surface area (Å²) in [6.45, 7) is 1.45. The largest absolute Gasteiger partial charge is 0.464 e. The van der Waals surface area contributed by atoms with Crippen LogP contribution in [0.2, 0.25) is 5.02 Å². The summed E-state index contributed by atoms with van der Waals surface area (Å²) in [5, 5.41) is 19.0. The third-order valence-corrected chi connectivity index (χ3v) is 2.63. The second kappa shape index (κ2) is 6.43. The normalized spacial score (nSPS) is 14.8. The van der Waals surface area contributed by atoms with Crippen molar-refractivity contribution in [2.45, 2.75) is 25.3 Å². The van der Waals surface area contributed by atoms with Gasteiger partial charge in [-0.05, 0) is 30.7 Å². The van der Waals surface area contributed by atoms with Gasteiger partial charge in [0.05, 0.1) is 12.2 Å². The number of carbonyl (C=O) groups excluding carboxylic acids is 1. The van der Waals surface area contributed by atoms with Gasteiger partial charge in [0, 0.05) is 5.02 Å². The minimum absolute atomic E-state index is 0.0358. The first-order chi connectivity index (χ1) is 9.16. The van der Waals surface area contributed by atoms with Crippen LogP contribution in [0.25, 0.3) is 0 Å². The molecule has 1 aromatic rings. The Morgan fingerprint density at radius 2 is 1.95 bits per heavy atom. The highest BCUT2D eigenvalue weighted by molar-refractivity contribution is 6.30. The third-order valence-electron chi connectivity index (χ3n) is 2.42. The average molecular weight is 313 g/mol. The molecule has 2 atom stereocenters. The molecule has 1 aromatic carbocycles. The Kier molecular flexibility index (Phi) is 5.38. The van der Waals surface area contributed by atoms with Gasteiger partial charge in [-0.1, -0.05) is 11.6 Å². The summed E-state index contributed by atoms with van der Waals surface area (Å²) in [7, 11) is 0. The van der Waals surface area contributed by atoms with Gasteiger partial charge in [-0.2, -0.15) is 13.2 Å². The monoisotopic (exact) mass is 312 g/mol. The molecule has 112 valence electrons. The van der Waals surface area contributed by atoms with Crippen LogP contribution >= 0.6 is 11.6 Å². The van der Waals surface area contributed by atoms with Gasteiger partial charge in [-0.15, -0.1) is 0 Å². The summed E-state index contributed by atoms with van der Waals surface area (Å²) in [6.07, 6.45) is -8.52. The Morgan fingerprint density at radius 1 is 1.35 bits per heavy atom. The van der Waals surface area contributed by atoms with Gasteiger partial charge in [0.1, 0.15) is 6.10 Å². The molecule has 0 saturated heterocycles. The quantitative estimate of drug-likeness (QED) is 0.837. The van der Waals surface area contributed by atoms with Gasteiger partial charge >= 0.3 is 12.1 Å². The fraction of sp³-hybridized carbons (Fsp3) is 0.417. The maximum atomic E-state index is 12.6. The van der Waals surface area contributed by atoms with Crippen LogP contribution in [0.1, 0.15) is 24.2 Å². The van der Waals surface area contributed by atoms with Crippen LogP contribution in [-0.4, -0.2) is 28.9 Å². The maximum absolute atomic E-state index is 12.6. The third kappa shape index (κ3) is 4.09. The Bertz CT molecular complexity index is 490.